The number of nitrogens with zero attached hydrogens (tertiary/aromatic N) is 3. The first kappa shape index (κ1) is 28.1. The highest BCUT2D eigenvalue weighted by molar-refractivity contribution is 6.33. The van der Waals surface area contributed by atoms with Crippen LogP contribution in [0.2, 0.25) is 5.02 Å². The number of benzene rings is 2. The van der Waals surface area contributed by atoms with Crippen LogP contribution in [0.4, 0.5) is 26.3 Å². The van der Waals surface area contributed by atoms with Gasteiger partial charge in [-0.25, -0.2) is 4.98 Å². The average molecular weight is 549 g/mol. The summed E-state index contributed by atoms with van der Waals surface area (Å²) < 4.78 is 83.4. The number of hydrogen-bond acceptors (Lipinski definition) is 6. The van der Waals surface area contributed by atoms with Gasteiger partial charge in [-0.1, -0.05) is 23.7 Å². The number of carbonyl (C=O) groups excluding carboxylic acids is 1. The van der Waals surface area contributed by atoms with Crippen molar-refractivity contribution in [2.45, 2.75) is 38.3 Å². The standard InChI is InChI=1S/C23H19ClF6N4O3/c1-11-8-13(5-6-15(11)22(25,26)27)17-32-18(34-20(36)33-17)14-9-12(4-7-16(14)24)10-31-19(35)21(2,37-3)23(28,29)30/h4-9H,10H2,1-3H3,(H,31,35)(H,32,33,34,36)/t21-/m1/s1. The second kappa shape index (κ2) is 10.1. The van der Waals surface area contributed by atoms with E-state index in [-0.39, 0.29) is 39.9 Å². The number of aromatic hydroxyl groups is 1. The molecule has 1 amide bonds. The zero-order valence-corrected chi connectivity index (χ0v) is 20.2. The van der Waals surface area contributed by atoms with Crippen molar-refractivity contribution < 1.29 is 41.0 Å². The molecule has 3 aromatic rings. The van der Waals surface area contributed by atoms with E-state index < -0.39 is 35.4 Å². The van der Waals surface area contributed by atoms with Gasteiger partial charge in [0, 0.05) is 24.8 Å². The van der Waals surface area contributed by atoms with E-state index in [1.54, 1.807) is 0 Å². The molecule has 1 atom stereocenters. The average Bonchev–Trinajstić information content (AvgIpc) is 2.80. The molecule has 37 heavy (non-hydrogen) atoms. The number of aromatic nitrogens is 3. The van der Waals surface area contributed by atoms with Gasteiger partial charge in [0.1, 0.15) is 0 Å². The van der Waals surface area contributed by atoms with Crippen molar-refractivity contribution in [3.05, 3.63) is 58.1 Å². The van der Waals surface area contributed by atoms with Crippen molar-refractivity contribution in [1.29, 1.82) is 0 Å². The van der Waals surface area contributed by atoms with Crippen LogP contribution in [0.25, 0.3) is 22.8 Å². The third-order valence-electron chi connectivity index (χ3n) is 5.52. The molecule has 0 bridgehead atoms. The number of amides is 1. The molecule has 7 nitrogen and oxygen atoms in total. The van der Waals surface area contributed by atoms with Gasteiger partial charge >= 0.3 is 18.4 Å². The summed E-state index contributed by atoms with van der Waals surface area (Å²) in [6.45, 7) is 1.50. The first-order valence-corrected chi connectivity index (χ1v) is 10.8. The largest absolute Gasteiger partial charge is 0.479 e. The first-order chi connectivity index (χ1) is 17.1. The molecule has 0 fully saturated rings. The van der Waals surface area contributed by atoms with Crippen LogP contribution >= 0.6 is 11.6 Å². The van der Waals surface area contributed by atoms with Crippen LogP contribution in [0.15, 0.2) is 36.4 Å². The van der Waals surface area contributed by atoms with Crippen molar-refractivity contribution >= 4 is 17.5 Å². The predicted octanol–water partition coefficient (Wildman–Crippen LogP) is 5.48. The summed E-state index contributed by atoms with van der Waals surface area (Å²) in [5.74, 6) is -1.72. The Morgan fingerprint density at radius 1 is 1.03 bits per heavy atom. The van der Waals surface area contributed by atoms with E-state index in [4.69, 9.17) is 11.6 Å². The lowest BCUT2D eigenvalue weighted by molar-refractivity contribution is -0.253. The smallest absolute Gasteiger partial charge is 0.426 e. The minimum atomic E-state index is -4.97. The highest BCUT2D eigenvalue weighted by Crippen LogP contribution is 2.35. The van der Waals surface area contributed by atoms with Crippen LogP contribution in [-0.2, 0) is 22.3 Å². The van der Waals surface area contributed by atoms with Gasteiger partial charge in [-0.3, -0.25) is 4.79 Å². The van der Waals surface area contributed by atoms with Crippen molar-refractivity contribution in [2.24, 2.45) is 0 Å². The van der Waals surface area contributed by atoms with Gasteiger partial charge < -0.3 is 15.2 Å². The number of halogens is 7. The van der Waals surface area contributed by atoms with Gasteiger partial charge in [-0.15, -0.1) is 0 Å². The minimum absolute atomic E-state index is 0.0900. The lowest BCUT2D eigenvalue weighted by Gasteiger charge is -2.29. The molecule has 1 heterocycles. The molecule has 0 saturated carbocycles. The van der Waals surface area contributed by atoms with Crippen LogP contribution in [0, 0.1) is 6.92 Å². The van der Waals surface area contributed by atoms with E-state index in [2.05, 4.69) is 25.0 Å². The van der Waals surface area contributed by atoms with E-state index in [0.717, 1.165) is 19.2 Å². The minimum Gasteiger partial charge on any atom is -0.479 e. The SMILES string of the molecule is CO[C@](C)(C(=O)NCc1ccc(Cl)c(-c2nc(O)nc(-c3ccc(C(F)(F)F)c(C)c3)n2)c1)C(F)(F)F. The van der Waals surface area contributed by atoms with Gasteiger partial charge in [0.25, 0.3) is 5.91 Å². The molecule has 0 aliphatic rings. The molecule has 0 aliphatic carbocycles. The number of rotatable bonds is 6. The van der Waals surface area contributed by atoms with Crippen molar-refractivity contribution in [2.75, 3.05) is 7.11 Å². The number of hydrogen-bond donors (Lipinski definition) is 2. The highest BCUT2D eigenvalue weighted by Gasteiger charge is 2.57. The van der Waals surface area contributed by atoms with Gasteiger partial charge in [0.05, 0.1) is 10.6 Å². The Labute approximate surface area is 211 Å². The Bertz CT molecular complexity index is 1330. The highest BCUT2D eigenvalue weighted by atomic mass is 35.5. The second-order valence-corrected chi connectivity index (χ2v) is 8.45. The first-order valence-electron chi connectivity index (χ1n) is 10.4. The fraction of sp³-hybridized carbons (Fsp3) is 0.304. The topological polar surface area (TPSA) is 97.2 Å². The van der Waals surface area contributed by atoms with Gasteiger partial charge in [0.2, 0.25) is 5.60 Å². The fourth-order valence-corrected chi connectivity index (χ4v) is 3.48. The Morgan fingerprint density at radius 3 is 2.24 bits per heavy atom. The summed E-state index contributed by atoms with van der Waals surface area (Å²) >= 11 is 6.23. The van der Waals surface area contributed by atoms with Crippen molar-refractivity contribution in [3.63, 3.8) is 0 Å². The zero-order chi connectivity index (χ0) is 27.8. The lowest BCUT2D eigenvalue weighted by atomic mass is 10.0. The van der Waals surface area contributed by atoms with Crippen LogP contribution in [0.5, 0.6) is 6.01 Å². The molecule has 3 rings (SSSR count). The number of carbonyl (C=O) groups is 1. The van der Waals surface area contributed by atoms with Gasteiger partial charge in [0.15, 0.2) is 11.6 Å². The molecule has 198 valence electrons. The second-order valence-electron chi connectivity index (χ2n) is 8.04. The molecular formula is C23H19ClF6N4O3. The van der Waals surface area contributed by atoms with E-state index in [1.165, 1.54) is 31.2 Å². The maximum Gasteiger partial charge on any atom is 0.426 e. The van der Waals surface area contributed by atoms with Crippen LogP contribution in [-0.4, -0.2) is 44.9 Å². The Kier molecular flexibility index (Phi) is 7.70. The summed E-state index contributed by atoms with van der Waals surface area (Å²) in [6.07, 6.45) is -9.52. The van der Waals surface area contributed by atoms with Crippen molar-refractivity contribution in [1.82, 2.24) is 20.3 Å². The Morgan fingerprint density at radius 2 is 1.68 bits per heavy atom. The number of ether oxygens (including phenoxy) is 1. The van der Waals surface area contributed by atoms with E-state index >= 15 is 0 Å². The van der Waals surface area contributed by atoms with Crippen LogP contribution in [0.3, 0.4) is 0 Å². The number of methoxy groups -OCH3 is 1. The molecule has 2 aromatic carbocycles. The zero-order valence-electron chi connectivity index (χ0n) is 19.4. The number of alkyl halides is 6. The van der Waals surface area contributed by atoms with Gasteiger partial charge in [-0.2, -0.15) is 36.3 Å². The molecule has 0 unspecified atom stereocenters. The van der Waals surface area contributed by atoms with Crippen LogP contribution in [0.1, 0.15) is 23.6 Å². The third-order valence-corrected chi connectivity index (χ3v) is 5.85. The summed E-state index contributed by atoms with van der Waals surface area (Å²) in [5.41, 5.74) is -3.42. The van der Waals surface area contributed by atoms with E-state index in [9.17, 15) is 36.2 Å². The summed E-state index contributed by atoms with van der Waals surface area (Å²) in [4.78, 5) is 23.9. The fourth-order valence-electron chi connectivity index (χ4n) is 3.28. The summed E-state index contributed by atoms with van der Waals surface area (Å²) in [7, 11) is 0.760. The summed E-state index contributed by atoms with van der Waals surface area (Å²) in [5, 5.41) is 12.3. The normalized spacial score (nSPS) is 13.8. The molecule has 14 heteroatoms. The number of nitrogens with one attached hydrogen (secondary N) is 1. The molecule has 0 saturated heterocycles. The van der Waals surface area contributed by atoms with Gasteiger partial charge in [-0.05, 0) is 49.2 Å². The van der Waals surface area contributed by atoms with Crippen LogP contribution < -0.4 is 5.32 Å². The maximum atomic E-state index is 13.2. The Hall–Kier alpha value is -3.45. The van der Waals surface area contributed by atoms with Crippen molar-refractivity contribution in [3.8, 4) is 28.8 Å². The molecular weight excluding hydrogens is 530 g/mol. The maximum absolute atomic E-state index is 13.2. The Balaban J connectivity index is 1.93. The molecule has 0 spiro atoms. The summed E-state index contributed by atoms with van der Waals surface area (Å²) in [6, 6.07) is 6.63. The lowest BCUT2D eigenvalue weighted by Crippen LogP contribution is -2.55. The predicted molar refractivity (Wildman–Crippen MR) is 120 cm³/mol. The third kappa shape index (κ3) is 5.93. The van der Waals surface area contributed by atoms with E-state index in [0.29, 0.717) is 12.5 Å². The molecule has 0 aliphatic heterocycles. The molecule has 1 aromatic heterocycles. The van der Waals surface area contributed by atoms with E-state index in [1.807, 2.05) is 0 Å². The quantitative estimate of drug-likeness (QED) is 0.396. The number of aryl methyl sites for hydroxylation is 1. The molecule has 2 N–H and O–H groups in total. The molecule has 0 radical (unpaired) electrons. The monoisotopic (exact) mass is 548 g/mol.